The number of anilines is 1. The van der Waals surface area contributed by atoms with Crippen molar-refractivity contribution in [2.75, 3.05) is 32.6 Å². The van der Waals surface area contributed by atoms with Gasteiger partial charge in [0.2, 0.25) is 0 Å². The Labute approximate surface area is 106 Å². The molecule has 1 aliphatic rings. The van der Waals surface area contributed by atoms with Gasteiger partial charge in [-0.05, 0) is 20.0 Å². The summed E-state index contributed by atoms with van der Waals surface area (Å²) in [5.74, 6) is 0.498. The smallest absolute Gasteiger partial charge is 0.275 e. The van der Waals surface area contributed by atoms with Gasteiger partial charge in [-0.1, -0.05) is 0 Å². The molecule has 0 bridgehead atoms. The molecule has 1 saturated heterocycles. The van der Waals surface area contributed by atoms with E-state index >= 15 is 0 Å². The Bertz CT molecular complexity index is 450. The summed E-state index contributed by atoms with van der Waals surface area (Å²) in [6, 6.07) is 5.08. The molecule has 1 aliphatic heterocycles. The summed E-state index contributed by atoms with van der Waals surface area (Å²) in [5, 5.41) is 14.1. The largest absolute Gasteiger partial charge is 0.496 e. The Kier molecular flexibility index (Phi) is 3.66. The number of likely N-dealkylation sites (N-methyl/N-ethyl adjacent to an activating group) is 1. The van der Waals surface area contributed by atoms with Crippen LogP contribution in [0.15, 0.2) is 18.2 Å². The van der Waals surface area contributed by atoms with Crippen LogP contribution in [0.2, 0.25) is 0 Å². The number of nitro groups is 1. The fourth-order valence-corrected chi connectivity index (χ4v) is 2.18. The van der Waals surface area contributed by atoms with E-state index in [-0.39, 0.29) is 5.69 Å². The summed E-state index contributed by atoms with van der Waals surface area (Å²) in [5.41, 5.74) is 0.782. The molecule has 0 spiro atoms. The molecular formula is C12H17N3O3. The molecule has 1 heterocycles. The summed E-state index contributed by atoms with van der Waals surface area (Å²) in [4.78, 5) is 12.6. The molecule has 0 saturated carbocycles. The zero-order chi connectivity index (χ0) is 13.1. The van der Waals surface area contributed by atoms with E-state index in [9.17, 15) is 10.1 Å². The number of nitrogens with zero attached hydrogens (tertiary/aromatic N) is 2. The highest BCUT2D eigenvalue weighted by molar-refractivity contribution is 5.56. The Hall–Kier alpha value is -1.82. The molecule has 0 aliphatic carbocycles. The van der Waals surface area contributed by atoms with Crippen LogP contribution in [-0.2, 0) is 0 Å². The zero-order valence-corrected chi connectivity index (χ0v) is 10.5. The van der Waals surface area contributed by atoms with E-state index in [4.69, 9.17) is 4.74 Å². The Morgan fingerprint density at radius 2 is 2.28 bits per heavy atom. The molecule has 6 heteroatoms. The maximum Gasteiger partial charge on any atom is 0.275 e. The molecule has 98 valence electrons. The number of hydrogen-bond acceptors (Lipinski definition) is 5. The molecular weight excluding hydrogens is 234 g/mol. The van der Waals surface area contributed by atoms with E-state index in [1.807, 2.05) is 0 Å². The van der Waals surface area contributed by atoms with Gasteiger partial charge >= 0.3 is 0 Å². The van der Waals surface area contributed by atoms with Crippen LogP contribution in [0.25, 0.3) is 0 Å². The van der Waals surface area contributed by atoms with Crippen molar-refractivity contribution < 1.29 is 9.66 Å². The normalized spacial score (nSPS) is 19.8. The maximum absolute atomic E-state index is 10.8. The number of rotatable bonds is 4. The number of nitro benzene ring substituents is 1. The van der Waals surface area contributed by atoms with E-state index in [1.54, 1.807) is 12.1 Å². The lowest BCUT2D eigenvalue weighted by Crippen LogP contribution is -2.23. The van der Waals surface area contributed by atoms with Crippen LogP contribution in [0.1, 0.15) is 6.42 Å². The van der Waals surface area contributed by atoms with Gasteiger partial charge in [0, 0.05) is 30.4 Å². The van der Waals surface area contributed by atoms with Gasteiger partial charge in [-0.3, -0.25) is 10.1 Å². The van der Waals surface area contributed by atoms with Crippen LogP contribution in [-0.4, -0.2) is 43.1 Å². The Balaban J connectivity index is 2.16. The van der Waals surface area contributed by atoms with Gasteiger partial charge in [0.15, 0.2) is 0 Å². The number of hydrogen-bond donors (Lipinski definition) is 1. The topological polar surface area (TPSA) is 67.6 Å². The monoisotopic (exact) mass is 251 g/mol. The summed E-state index contributed by atoms with van der Waals surface area (Å²) in [7, 11) is 3.57. The first-order chi connectivity index (χ1) is 8.58. The van der Waals surface area contributed by atoms with Crippen molar-refractivity contribution in [1.82, 2.24) is 4.90 Å². The van der Waals surface area contributed by atoms with Crippen molar-refractivity contribution in [1.29, 1.82) is 0 Å². The summed E-state index contributed by atoms with van der Waals surface area (Å²) < 4.78 is 5.08. The molecule has 18 heavy (non-hydrogen) atoms. The van der Waals surface area contributed by atoms with Gasteiger partial charge in [0.05, 0.1) is 18.1 Å². The number of methoxy groups -OCH3 is 1. The molecule has 1 atom stereocenters. The first-order valence-corrected chi connectivity index (χ1v) is 5.87. The lowest BCUT2D eigenvalue weighted by atomic mass is 10.2. The highest BCUT2D eigenvalue weighted by Gasteiger charge is 2.20. The molecule has 1 aromatic carbocycles. The molecule has 1 fully saturated rings. The molecule has 2 rings (SSSR count). The molecule has 6 nitrogen and oxygen atoms in total. The van der Waals surface area contributed by atoms with Gasteiger partial charge in [0.25, 0.3) is 5.69 Å². The minimum Gasteiger partial charge on any atom is -0.496 e. The number of benzene rings is 1. The van der Waals surface area contributed by atoms with Crippen LogP contribution < -0.4 is 10.1 Å². The minimum atomic E-state index is -0.408. The second kappa shape index (κ2) is 5.22. The molecule has 1 N–H and O–H groups in total. The van der Waals surface area contributed by atoms with Gasteiger partial charge in [-0.15, -0.1) is 0 Å². The predicted molar refractivity (Wildman–Crippen MR) is 69.2 cm³/mol. The molecule has 1 unspecified atom stereocenters. The third-order valence-electron chi connectivity index (χ3n) is 3.10. The highest BCUT2D eigenvalue weighted by Crippen LogP contribution is 2.27. The van der Waals surface area contributed by atoms with Crippen molar-refractivity contribution in [2.45, 2.75) is 12.5 Å². The lowest BCUT2D eigenvalue weighted by molar-refractivity contribution is -0.384. The number of non-ortho nitro benzene ring substituents is 1. The summed E-state index contributed by atoms with van der Waals surface area (Å²) >= 11 is 0. The van der Waals surface area contributed by atoms with Crippen LogP contribution in [0.4, 0.5) is 11.4 Å². The fraction of sp³-hybridized carbons (Fsp3) is 0.500. The SMILES string of the molecule is COc1cc(NC2CCN(C)C2)cc([N+](=O)[O-])c1. The van der Waals surface area contributed by atoms with Crippen LogP contribution in [0, 0.1) is 10.1 Å². The van der Waals surface area contributed by atoms with Gasteiger partial charge in [-0.2, -0.15) is 0 Å². The van der Waals surface area contributed by atoms with Gasteiger partial charge in [-0.25, -0.2) is 0 Å². The first kappa shape index (κ1) is 12.6. The Morgan fingerprint density at radius 1 is 1.50 bits per heavy atom. The van der Waals surface area contributed by atoms with E-state index in [0.717, 1.165) is 25.2 Å². The average Bonchev–Trinajstić information content (AvgIpc) is 2.74. The van der Waals surface area contributed by atoms with Crippen LogP contribution in [0.3, 0.4) is 0 Å². The van der Waals surface area contributed by atoms with E-state index in [1.165, 1.54) is 13.2 Å². The average molecular weight is 251 g/mol. The van der Waals surface area contributed by atoms with E-state index < -0.39 is 4.92 Å². The molecule has 0 radical (unpaired) electrons. The highest BCUT2D eigenvalue weighted by atomic mass is 16.6. The van der Waals surface area contributed by atoms with Crippen molar-refractivity contribution in [3.8, 4) is 5.75 Å². The first-order valence-electron chi connectivity index (χ1n) is 5.87. The van der Waals surface area contributed by atoms with Crippen molar-refractivity contribution >= 4 is 11.4 Å². The number of likely N-dealkylation sites (tertiary alicyclic amines) is 1. The fourth-order valence-electron chi connectivity index (χ4n) is 2.18. The minimum absolute atomic E-state index is 0.0446. The van der Waals surface area contributed by atoms with E-state index in [2.05, 4.69) is 17.3 Å². The van der Waals surface area contributed by atoms with Crippen molar-refractivity contribution in [3.05, 3.63) is 28.3 Å². The van der Waals surface area contributed by atoms with E-state index in [0.29, 0.717) is 11.8 Å². The predicted octanol–water partition coefficient (Wildman–Crippen LogP) is 1.72. The Morgan fingerprint density at radius 3 is 2.83 bits per heavy atom. The molecule has 0 aromatic heterocycles. The molecule has 0 amide bonds. The van der Waals surface area contributed by atoms with Crippen molar-refractivity contribution in [2.24, 2.45) is 0 Å². The van der Waals surface area contributed by atoms with Crippen LogP contribution >= 0.6 is 0 Å². The zero-order valence-electron chi connectivity index (χ0n) is 10.5. The van der Waals surface area contributed by atoms with Gasteiger partial charge < -0.3 is 15.0 Å². The third-order valence-corrected chi connectivity index (χ3v) is 3.10. The van der Waals surface area contributed by atoms with Crippen LogP contribution in [0.5, 0.6) is 5.75 Å². The second-order valence-corrected chi connectivity index (χ2v) is 4.57. The summed E-state index contributed by atoms with van der Waals surface area (Å²) in [6.45, 7) is 1.99. The second-order valence-electron chi connectivity index (χ2n) is 4.57. The lowest BCUT2D eigenvalue weighted by Gasteiger charge is -2.14. The quantitative estimate of drug-likeness (QED) is 0.652. The number of nitrogens with one attached hydrogen (secondary N) is 1. The maximum atomic E-state index is 10.8. The van der Waals surface area contributed by atoms with Crippen molar-refractivity contribution in [3.63, 3.8) is 0 Å². The molecule has 1 aromatic rings. The van der Waals surface area contributed by atoms with Gasteiger partial charge in [0.1, 0.15) is 5.75 Å². The number of ether oxygens (including phenoxy) is 1. The standard InChI is InChI=1S/C12H17N3O3/c1-14-4-3-9(8-14)13-10-5-11(15(16)17)7-12(6-10)18-2/h5-7,9,13H,3-4,8H2,1-2H3. The summed E-state index contributed by atoms with van der Waals surface area (Å²) in [6.07, 6.45) is 1.04. The third kappa shape index (κ3) is 2.89.